The molecule has 9 heteroatoms. The van der Waals surface area contributed by atoms with Gasteiger partial charge in [0.1, 0.15) is 11.7 Å². The monoisotopic (exact) mass is 479 g/mol. The lowest BCUT2D eigenvalue weighted by molar-refractivity contribution is 0.0352. The number of likely N-dealkylation sites (N-methyl/N-ethyl adjacent to an activating group) is 1. The highest BCUT2D eigenvalue weighted by atomic mass is 16.5. The third-order valence-electron chi connectivity index (χ3n) is 6.17. The van der Waals surface area contributed by atoms with Crippen molar-refractivity contribution in [3.8, 4) is 23.1 Å². The van der Waals surface area contributed by atoms with E-state index in [-0.39, 0.29) is 35.9 Å². The first kappa shape index (κ1) is 26.0. The summed E-state index contributed by atoms with van der Waals surface area (Å²) in [6, 6.07) is 10.3. The molecule has 0 fully saturated rings. The van der Waals surface area contributed by atoms with Crippen molar-refractivity contribution in [2.45, 2.75) is 39.3 Å². The van der Waals surface area contributed by atoms with Crippen molar-refractivity contribution in [1.29, 1.82) is 5.26 Å². The number of benzene rings is 1. The molecule has 2 heterocycles. The molecule has 0 radical (unpaired) electrons. The Morgan fingerprint density at radius 1 is 1.40 bits per heavy atom. The summed E-state index contributed by atoms with van der Waals surface area (Å²) in [5, 5.41) is 21.9. The third-order valence-corrected chi connectivity index (χ3v) is 6.17. The molecule has 3 amide bonds. The summed E-state index contributed by atoms with van der Waals surface area (Å²) in [4.78, 5) is 33.7. The second-order valence-electron chi connectivity index (χ2n) is 9.00. The van der Waals surface area contributed by atoms with Crippen molar-refractivity contribution in [3.05, 3.63) is 47.7 Å². The van der Waals surface area contributed by atoms with Crippen molar-refractivity contribution < 1.29 is 19.4 Å². The lowest BCUT2D eigenvalue weighted by Gasteiger charge is -2.37. The van der Waals surface area contributed by atoms with Gasteiger partial charge in [0.25, 0.3) is 5.91 Å². The van der Waals surface area contributed by atoms with Crippen LogP contribution in [0.15, 0.2) is 36.5 Å². The van der Waals surface area contributed by atoms with Crippen LogP contribution in [0.5, 0.6) is 5.88 Å². The number of aliphatic hydroxyl groups excluding tert-OH is 1. The molecular weight excluding hydrogens is 446 g/mol. The van der Waals surface area contributed by atoms with Gasteiger partial charge in [0.2, 0.25) is 5.88 Å². The molecule has 3 rings (SSSR count). The van der Waals surface area contributed by atoms with Gasteiger partial charge in [0.15, 0.2) is 0 Å². The van der Waals surface area contributed by atoms with Gasteiger partial charge in [-0.3, -0.25) is 4.79 Å². The van der Waals surface area contributed by atoms with Crippen LogP contribution in [-0.4, -0.2) is 77.3 Å². The van der Waals surface area contributed by atoms with Crippen LogP contribution in [-0.2, 0) is 0 Å². The van der Waals surface area contributed by atoms with Crippen molar-refractivity contribution in [3.63, 3.8) is 0 Å². The zero-order chi connectivity index (χ0) is 25.5. The molecule has 2 N–H and O–H groups in total. The average Bonchev–Trinajstić information content (AvgIpc) is 2.88. The summed E-state index contributed by atoms with van der Waals surface area (Å²) >= 11 is 0. The summed E-state index contributed by atoms with van der Waals surface area (Å²) in [5.74, 6) is -0.229. The van der Waals surface area contributed by atoms with Crippen LogP contribution in [0.1, 0.15) is 43.1 Å². The molecule has 9 nitrogen and oxygen atoms in total. The molecule has 0 unspecified atom stereocenters. The van der Waals surface area contributed by atoms with Crippen molar-refractivity contribution in [1.82, 2.24) is 20.1 Å². The summed E-state index contributed by atoms with van der Waals surface area (Å²) < 4.78 is 6.25. The predicted molar refractivity (Wildman–Crippen MR) is 132 cm³/mol. The Morgan fingerprint density at radius 2 is 2.17 bits per heavy atom. The Labute approximate surface area is 206 Å². The van der Waals surface area contributed by atoms with E-state index < -0.39 is 12.1 Å². The van der Waals surface area contributed by atoms with E-state index in [9.17, 15) is 20.0 Å². The van der Waals surface area contributed by atoms with Crippen molar-refractivity contribution >= 4 is 11.9 Å². The number of hydrogen-bond acceptors (Lipinski definition) is 6. The van der Waals surface area contributed by atoms with Crippen LogP contribution in [0.4, 0.5) is 4.79 Å². The largest absolute Gasteiger partial charge is 0.472 e. The molecule has 1 aromatic carbocycles. The fourth-order valence-electron chi connectivity index (χ4n) is 3.97. The Hall–Kier alpha value is -3.64. The first-order valence-corrected chi connectivity index (χ1v) is 11.9. The topological polar surface area (TPSA) is 119 Å². The molecule has 186 valence electrons. The maximum atomic E-state index is 13.6. The molecule has 35 heavy (non-hydrogen) atoms. The molecule has 1 aromatic heterocycles. The van der Waals surface area contributed by atoms with Gasteiger partial charge < -0.3 is 25.0 Å². The number of nitrogens with zero attached hydrogens (tertiary/aromatic N) is 4. The molecule has 0 saturated carbocycles. The first-order valence-electron chi connectivity index (χ1n) is 11.9. The fraction of sp³-hybridized carbons (Fsp3) is 0.462. The number of aliphatic hydroxyl groups is 1. The molecule has 1 aliphatic rings. The second kappa shape index (κ2) is 11.7. The summed E-state index contributed by atoms with van der Waals surface area (Å²) in [6.45, 7) is 6.79. The minimum absolute atomic E-state index is 0.128. The number of ether oxygens (including phenoxy) is 1. The second-order valence-corrected chi connectivity index (χ2v) is 9.00. The Bertz CT molecular complexity index is 1100. The van der Waals surface area contributed by atoms with E-state index in [4.69, 9.17) is 4.74 Å². The SMILES string of the molecule is CCCNC(=O)N(C)C[C@H]1Oc2ncc(-c3cccc(C#N)c3)cc2C(=O)N([C@@H](C)CO)C[C@@H]1C. The molecule has 0 bridgehead atoms. The number of carbonyl (C=O) groups is 2. The smallest absolute Gasteiger partial charge is 0.317 e. The minimum Gasteiger partial charge on any atom is -0.472 e. The van der Waals surface area contributed by atoms with E-state index in [1.54, 1.807) is 54.2 Å². The normalized spacial score (nSPS) is 18.4. The lowest BCUT2D eigenvalue weighted by Crippen LogP contribution is -2.51. The van der Waals surface area contributed by atoms with E-state index in [1.807, 2.05) is 19.9 Å². The summed E-state index contributed by atoms with van der Waals surface area (Å²) in [6.07, 6.45) is 2.03. The van der Waals surface area contributed by atoms with E-state index in [0.29, 0.717) is 30.8 Å². The van der Waals surface area contributed by atoms with Crippen molar-refractivity contribution in [2.24, 2.45) is 5.92 Å². The van der Waals surface area contributed by atoms with Crippen LogP contribution < -0.4 is 10.1 Å². The number of amides is 3. The van der Waals surface area contributed by atoms with Gasteiger partial charge in [-0.2, -0.15) is 5.26 Å². The number of pyridine rings is 1. The Kier molecular flexibility index (Phi) is 8.66. The number of aromatic nitrogens is 1. The zero-order valence-corrected chi connectivity index (χ0v) is 20.7. The summed E-state index contributed by atoms with van der Waals surface area (Å²) in [7, 11) is 1.71. The molecule has 1 aliphatic heterocycles. The summed E-state index contributed by atoms with van der Waals surface area (Å²) in [5.41, 5.74) is 2.22. The fourth-order valence-corrected chi connectivity index (χ4v) is 3.97. The number of carbonyl (C=O) groups excluding carboxylic acids is 2. The molecule has 2 aromatic rings. The molecular formula is C26H33N5O4. The highest BCUT2D eigenvalue weighted by Crippen LogP contribution is 2.30. The van der Waals surface area contributed by atoms with Gasteiger partial charge in [-0.15, -0.1) is 0 Å². The highest BCUT2D eigenvalue weighted by molar-refractivity contribution is 5.98. The van der Waals surface area contributed by atoms with Crippen LogP contribution >= 0.6 is 0 Å². The first-order chi connectivity index (χ1) is 16.8. The van der Waals surface area contributed by atoms with Crippen LogP contribution in [0, 0.1) is 17.2 Å². The Morgan fingerprint density at radius 3 is 2.86 bits per heavy atom. The maximum Gasteiger partial charge on any atom is 0.317 e. The van der Waals surface area contributed by atoms with E-state index >= 15 is 0 Å². The van der Waals surface area contributed by atoms with Gasteiger partial charge in [0, 0.05) is 37.8 Å². The van der Waals surface area contributed by atoms with Crippen molar-refractivity contribution in [2.75, 3.05) is 33.3 Å². The van der Waals surface area contributed by atoms with E-state index in [0.717, 1.165) is 12.0 Å². The van der Waals surface area contributed by atoms with Gasteiger partial charge in [-0.05, 0) is 37.1 Å². The molecule has 0 aliphatic carbocycles. The predicted octanol–water partition coefficient (Wildman–Crippen LogP) is 2.89. The van der Waals surface area contributed by atoms with Gasteiger partial charge in [-0.25, -0.2) is 9.78 Å². The number of nitrogens with one attached hydrogen (secondary N) is 1. The van der Waals surface area contributed by atoms with Crippen LogP contribution in [0.2, 0.25) is 0 Å². The quantitative estimate of drug-likeness (QED) is 0.630. The lowest BCUT2D eigenvalue weighted by atomic mass is 9.99. The highest BCUT2D eigenvalue weighted by Gasteiger charge is 2.34. The number of nitriles is 1. The average molecular weight is 480 g/mol. The molecule has 0 spiro atoms. The maximum absolute atomic E-state index is 13.6. The van der Waals surface area contributed by atoms with Gasteiger partial charge >= 0.3 is 6.03 Å². The molecule has 3 atom stereocenters. The number of fused-ring (bicyclic) bond motifs is 1. The molecule has 0 saturated heterocycles. The van der Waals surface area contributed by atoms with E-state index in [1.165, 1.54) is 0 Å². The van der Waals surface area contributed by atoms with E-state index in [2.05, 4.69) is 16.4 Å². The standard InChI is InChI=1S/C26H33N5O4/c1-5-9-28-26(34)30(4)15-23-17(2)14-31(18(3)16-32)25(33)22-11-21(13-29-24(22)35-23)20-8-6-7-19(10-20)12-27/h6-8,10-11,13,17-18,23,32H,5,9,14-16H2,1-4H3,(H,28,34)/t17-,18-,23+/m0/s1. The third kappa shape index (κ3) is 6.08. The van der Waals surface area contributed by atoms with Crippen LogP contribution in [0.25, 0.3) is 11.1 Å². The zero-order valence-electron chi connectivity index (χ0n) is 20.7. The number of rotatable bonds is 7. The Balaban J connectivity index is 1.99. The minimum atomic E-state index is -0.423. The number of hydrogen-bond donors (Lipinski definition) is 2. The van der Waals surface area contributed by atoms with Crippen LogP contribution in [0.3, 0.4) is 0 Å². The van der Waals surface area contributed by atoms with Gasteiger partial charge in [0.05, 0.1) is 30.8 Å². The van der Waals surface area contributed by atoms with Gasteiger partial charge in [-0.1, -0.05) is 26.0 Å². The number of urea groups is 1.